The van der Waals surface area contributed by atoms with Crippen LogP contribution < -0.4 is 5.73 Å². The van der Waals surface area contributed by atoms with Crippen molar-refractivity contribution in [1.29, 1.82) is 0 Å². The zero-order chi connectivity index (χ0) is 6.15. The van der Waals surface area contributed by atoms with Crippen molar-refractivity contribution in [2.45, 2.75) is 0 Å². The van der Waals surface area contributed by atoms with Crippen molar-refractivity contribution in [3.63, 3.8) is 0 Å². The number of allylic oxidation sites excluding steroid dienone is 1. The Morgan fingerprint density at radius 2 is 2.38 bits per heavy atom. The van der Waals surface area contributed by atoms with E-state index < -0.39 is 5.97 Å². The smallest absolute Gasteiger partial charge is 0.359 e. The van der Waals surface area contributed by atoms with Gasteiger partial charge in [0.1, 0.15) is 11.5 Å². The third-order valence-corrected chi connectivity index (χ3v) is 0.776. The van der Waals surface area contributed by atoms with Gasteiger partial charge < -0.3 is 10.5 Å². The highest BCUT2D eigenvalue weighted by Gasteiger charge is 2.15. The van der Waals surface area contributed by atoms with E-state index in [2.05, 4.69) is 11.3 Å². The number of carbonyl (C=O) groups excluding carboxylic acids is 1. The van der Waals surface area contributed by atoms with Gasteiger partial charge in [-0.1, -0.05) is 6.58 Å². The second-order valence-corrected chi connectivity index (χ2v) is 1.46. The predicted molar refractivity (Wildman–Crippen MR) is 27.5 cm³/mol. The molecule has 1 rings (SSSR count). The first-order chi connectivity index (χ1) is 3.70. The van der Waals surface area contributed by atoms with E-state index in [1.54, 1.807) is 0 Å². The second kappa shape index (κ2) is 1.36. The lowest BCUT2D eigenvalue weighted by molar-refractivity contribution is -0.133. The lowest BCUT2D eigenvalue weighted by Gasteiger charge is -1.87. The summed E-state index contributed by atoms with van der Waals surface area (Å²) in [5.41, 5.74) is 5.21. The summed E-state index contributed by atoms with van der Waals surface area (Å²) >= 11 is 0. The van der Waals surface area contributed by atoms with Crippen molar-refractivity contribution in [2.24, 2.45) is 5.73 Å². The van der Waals surface area contributed by atoms with Crippen LogP contribution in [0.4, 0.5) is 0 Å². The molecule has 2 N–H and O–H groups in total. The Balaban J connectivity index is 2.88. The molecule has 0 aromatic rings. The van der Waals surface area contributed by atoms with Crippen LogP contribution in [-0.4, -0.2) is 5.97 Å². The predicted octanol–water partition coefficient (Wildman–Crippen LogP) is -0.100. The van der Waals surface area contributed by atoms with E-state index in [4.69, 9.17) is 5.73 Å². The quantitative estimate of drug-likeness (QED) is 0.444. The van der Waals surface area contributed by atoms with Crippen LogP contribution in [-0.2, 0) is 9.53 Å². The summed E-state index contributed by atoms with van der Waals surface area (Å²) in [5, 5.41) is 0. The molecule has 0 amide bonds. The van der Waals surface area contributed by atoms with Crippen LogP contribution >= 0.6 is 0 Å². The van der Waals surface area contributed by atoms with Crippen LogP contribution in [0, 0.1) is 0 Å². The average Bonchev–Trinajstić information content (AvgIpc) is 1.85. The summed E-state index contributed by atoms with van der Waals surface area (Å²) in [4.78, 5) is 10.3. The van der Waals surface area contributed by atoms with Crippen LogP contribution in [0.15, 0.2) is 24.1 Å². The van der Waals surface area contributed by atoms with Gasteiger partial charge in [-0.2, -0.15) is 0 Å². The Morgan fingerprint density at radius 3 is 2.50 bits per heavy atom. The largest absolute Gasteiger partial charge is 0.422 e. The number of cyclic esters (lactones) is 1. The molecule has 0 saturated heterocycles. The first-order valence-corrected chi connectivity index (χ1v) is 2.08. The van der Waals surface area contributed by atoms with Gasteiger partial charge in [-0.3, -0.25) is 0 Å². The fraction of sp³-hybridized carbons (Fsp3) is 0. The first-order valence-electron chi connectivity index (χ1n) is 2.08. The van der Waals surface area contributed by atoms with Gasteiger partial charge in [0.2, 0.25) is 0 Å². The van der Waals surface area contributed by atoms with Crippen molar-refractivity contribution in [1.82, 2.24) is 0 Å². The molecule has 1 heterocycles. The summed E-state index contributed by atoms with van der Waals surface area (Å²) in [6.45, 7) is 3.36. The summed E-state index contributed by atoms with van der Waals surface area (Å²) < 4.78 is 4.42. The van der Waals surface area contributed by atoms with Gasteiger partial charge in [-0.05, 0) is 0 Å². The van der Waals surface area contributed by atoms with E-state index in [1.807, 2.05) is 0 Å². The molecule has 0 bridgehead atoms. The Kier molecular flexibility index (Phi) is 0.836. The van der Waals surface area contributed by atoms with E-state index >= 15 is 0 Å². The third-order valence-electron chi connectivity index (χ3n) is 0.776. The number of esters is 1. The Morgan fingerprint density at radius 1 is 1.75 bits per heavy atom. The zero-order valence-corrected chi connectivity index (χ0v) is 4.18. The van der Waals surface area contributed by atoms with Crippen LogP contribution in [0.2, 0.25) is 0 Å². The van der Waals surface area contributed by atoms with Crippen molar-refractivity contribution in [3.8, 4) is 0 Å². The van der Waals surface area contributed by atoms with Crippen LogP contribution in [0.25, 0.3) is 0 Å². The molecule has 3 heteroatoms. The van der Waals surface area contributed by atoms with Gasteiger partial charge in [-0.15, -0.1) is 0 Å². The van der Waals surface area contributed by atoms with Gasteiger partial charge in [0.15, 0.2) is 0 Å². The molecule has 0 radical (unpaired) electrons. The fourth-order valence-corrected chi connectivity index (χ4v) is 0.440. The van der Waals surface area contributed by atoms with E-state index in [0.717, 1.165) is 0 Å². The molecule has 0 atom stereocenters. The minimum Gasteiger partial charge on any atom is -0.422 e. The summed E-state index contributed by atoms with van der Waals surface area (Å²) in [6, 6.07) is 0. The Labute approximate surface area is 46.4 Å². The highest BCUT2D eigenvalue weighted by atomic mass is 16.5. The first kappa shape index (κ1) is 4.90. The third kappa shape index (κ3) is 0.578. The van der Waals surface area contributed by atoms with Crippen molar-refractivity contribution >= 4 is 5.97 Å². The van der Waals surface area contributed by atoms with Gasteiger partial charge in [0.05, 0.1) is 0 Å². The molecule has 1 aliphatic heterocycles. The molecule has 3 nitrogen and oxygen atoms in total. The molecule has 42 valence electrons. The molecular weight excluding hydrogens is 106 g/mol. The molecule has 0 fully saturated rings. The number of ether oxygens (including phenoxy) is 1. The summed E-state index contributed by atoms with van der Waals surface area (Å²) in [7, 11) is 0. The Bertz CT molecular complexity index is 181. The second-order valence-electron chi connectivity index (χ2n) is 1.46. The van der Waals surface area contributed by atoms with Crippen molar-refractivity contribution in [2.75, 3.05) is 0 Å². The zero-order valence-electron chi connectivity index (χ0n) is 4.18. The minimum absolute atomic E-state index is 0.120. The number of hydrogen-bond donors (Lipinski definition) is 1. The maximum absolute atomic E-state index is 10.3. The number of rotatable bonds is 0. The van der Waals surface area contributed by atoms with Crippen LogP contribution in [0.3, 0.4) is 0 Å². The molecule has 0 unspecified atom stereocenters. The van der Waals surface area contributed by atoms with Gasteiger partial charge in [0.25, 0.3) is 0 Å². The van der Waals surface area contributed by atoms with Gasteiger partial charge in [0, 0.05) is 6.08 Å². The number of carbonyl (C=O) groups is 1. The van der Waals surface area contributed by atoms with E-state index in [1.165, 1.54) is 6.08 Å². The topological polar surface area (TPSA) is 52.3 Å². The maximum Gasteiger partial charge on any atom is 0.359 e. The normalized spacial score (nSPS) is 18.2. The number of hydrogen-bond acceptors (Lipinski definition) is 3. The Hall–Kier alpha value is -1.25. The standard InChI is InChI=1S/C5H5NO2/c1-3-2-4(6)5(7)8-3/h2H,1,6H2. The van der Waals surface area contributed by atoms with Crippen LogP contribution in [0.1, 0.15) is 0 Å². The van der Waals surface area contributed by atoms with Crippen molar-refractivity contribution in [3.05, 3.63) is 24.1 Å². The molecule has 0 aromatic heterocycles. The molecule has 0 spiro atoms. The molecule has 1 aliphatic rings. The SMILES string of the molecule is C=C1C=C(N)C(=O)O1. The average molecular weight is 111 g/mol. The molecule has 0 aromatic carbocycles. The molecule has 0 saturated carbocycles. The van der Waals surface area contributed by atoms with Crippen molar-refractivity contribution < 1.29 is 9.53 Å². The maximum atomic E-state index is 10.3. The lowest BCUT2D eigenvalue weighted by atomic mass is 10.4. The minimum atomic E-state index is -0.505. The van der Waals surface area contributed by atoms with E-state index in [-0.39, 0.29) is 5.70 Å². The molecular formula is C5H5NO2. The van der Waals surface area contributed by atoms with Gasteiger partial charge >= 0.3 is 5.97 Å². The molecule has 8 heavy (non-hydrogen) atoms. The number of nitrogens with two attached hydrogens (primary N) is 1. The summed E-state index contributed by atoms with van der Waals surface area (Å²) in [6.07, 6.45) is 1.39. The van der Waals surface area contributed by atoms with E-state index in [9.17, 15) is 4.79 Å². The van der Waals surface area contributed by atoms with Gasteiger partial charge in [-0.25, -0.2) is 4.79 Å². The lowest BCUT2D eigenvalue weighted by Crippen LogP contribution is -2.06. The monoisotopic (exact) mass is 111 g/mol. The highest BCUT2D eigenvalue weighted by molar-refractivity contribution is 5.91. The highest BCUT2D eigenvalue weighted by Crippen LogP contribution is 2.09. The molecule has 0 aliphatic carbocycles. The fourth-order valence-electron chi connectivity index (χ4n) is 0.440. The summed E-state index contributed by atoms with van der Waals surface area (Å²) in [5.74, 6) is -0.192. The van der Waals surface area contributed by atoms with E-state index in [0.29, 0.717) is 5.76 Å². The van der Waals surface area contributed by atoms with Crippen LogP contribution in [0.5, 0.6) is 0 Å².